The molecule has 7 nitrogen and oxygen atoms in total. The van der Waals surface area contributed by atoms with Crippen molar-refractivity contribution in [3.63, 3.8) is 0 Å². The first kappa shape index (κ1) is 27.4. The molecule has 4 rings (SSSR count). The van der Waals surface area contributed by atoms with Crippen molar-refractivity contribution in [2.45, 2.75) is 62.7 Å². The summed E-state index contributed by atoms with van der Waals surface area (Å²) >= 11 is 0. The lowest BCUT2D eigenvalue weighted by Gasteiger charge is -2.49. The third kappa shape index (κ3) is 6.46. The van der Waals surface area contributed by atoms with E-state index < -0.39 is 12.2 Å². The van der Waals surface area contributed by atoms with Crippen molar-refractivity contribution in [3.05, 3.63) is 48.4 Å². The van der Waals surface area contributed by atoms with E-state index in [4.69, 9.17) is 0 Å². The summed E-state index contributed by atoms with van der Waals surface area (Å²) in [5.74, 6) is 0.471. The molecule has 1 unspecified atom stereocenters. The molecular formula is C25H35B2F3N6O. The minimum Gasteiger partial charge on any atom is -0.355 e. The Bertz CT molecular complexity index is 1070. The first-order valence-corrected chi connectivity index (χ1v) is 13.0. The number of pyridine rings is 2. The van der Waals surface area contributed by atoms with Gasteiger partial charge in [0.1, 0.15) is 33.2 Å². The Balaban J connectivity index is 1.45. The number of nitrogens with one attached hydrogen (secondary N) is 1. The lowest BCUT2D eigenvalue weighted by Crippen LogP contribution is -2.61. The smallest absolute Gasteiger partial charge is 0.355 e. The predicted molar refractivity (Wildman–Crippen MR) is 144 cm³/mol. The van der Waals surface area contributed by atoms with Gasteiger partial charge in [-0.1, -0.05) is 6.07 Å². The van der Waals surface area contributed by atoms with Gasteiger partial charge in [-0.3, -0.25) is 14.7 Å². The molecule has 0 spiro atoms. The highest BCUT2D eigenvalue weighted by atomic mass is 19.4. The zero-order valence-corrected chi connectivity index (χ0v) is 22.0. The molecule has 198 valence electrons. The highest BCUT2D eigenvalue weighted by molar-refractivity contribution is 6.40. The Morgan fingerprint density at radius 3 is 2.46 bits per heavy atom. The second-order valence-electron chi connectivity index (χ2n) is 10.8. The summed E-state index contributed by atoms with van der Waals surface area (Å²) in [6.45, 7) is 5.85. The number of hydrogen-bond donors (Lipinski definition) is 1. The Kier molecular flexibility index (Phi) is 8.18. The van der Waals surface area contributed by atoms with E-state index in [1.807, 2.05) is 12.1 Å². The molecule has 0 saturated carbocycles. The molecule has 0 aromatic carbocycles. The highest BCUT2D eigenvalue weighted by Gasteiger charge is 2.44. The standard InChI is InChI=1S/C25H35B2F3N6O/c1-17-16-35(22-5-3-4-21(33-22)23(37)32-19-6-11-31-12-7-19)15-10-24(26,27)36(17)20-8-13-34(14-9-20)18(2)25(28,29)30/h3-7,11-12,17-18,20H,8-10,13-16,26-27H2,1-2H3,(H,31,32,37)/t17?,18-/m0/s1. The number of piperidine rings is 1. The molecule has 2 aromatic heterocycles. The lowest BCUT2D eigenvalue weighted by molar-refractivity contribution is -0.182. The van der Waals surface area contributed by atoms with Crippen LogP contribution in [0.4, 0.5) is 24.7 Å². The summed E-state index contributed by atoms with van der Waals surface area (Å²) in [6, 6.07) is 7.92. The van der Waals surface area contributed by atoms with Crippen molar-refractivity contribution in [1.82, 2.24) is 19.8 Å². The van der Waals surface area contributed by atoms with Crippen LogP contribution in [0.5, 0.6) is 0 Å². The molecule has 2 aromatic rings. The van der Waals surface area contributed by atoms with E-state index in [0.29, 0.717) is 24.5 Å². The first-order chi connectivity index (χ1) is 17.5. The van der Waals surface area contributed by atoms with Crippen LogP contribution in [0.2, 0.25) is 0 Å². The number of carbonyl (C=O) groups is 1. The maximum Gasteiger partial charge on any atom is 0.403 e. The molecule has 0 radical (unpaired) electrons. The van der Waals surface area contributed by atoms with Gasteiger partial charge in [0.05, 0.1) is 0 Å². The predicted octanol–water partition coefficient (Wildman–Crippen LogP) is 1.96. The van der Waals surface area contributed by atoms with Gasteiger partial charge in [-0.05, 0) is 62.7 Å². The Morgan fingerprint density at radius 1 is 1.14 bits per heavy atom. The maximum atomic E-state index is 13.2. The fraction of sp³-hybridized carbons (Fsp3) is 0.560. The van der Waals surface area contributed by atoms with Gasteiger partial charge in [0.25, 0.3) is 5.91 Å². The molecule has 4 heterocycles. The van der Waals surface area contributed by atoms with Gasteiger partial charge >= 0.3 is 6.18 Å². The van der Waals surface area contributed by atoms with Crippen LogP contribution in [0.3, 0.4) is 0 Å². The molecule has 2 aliphatic rings. The fourth-order valence-corrected chi connectivity index (χ4v) is 5.81. The van der Waals surface area contributed by atoms with Gasteiger partial charge in [-0.25, -0.2) is 4.98 Å². The van der Waals surface area contributed by atoms with Crippen molar-refractivity contribution in [1.29, 1.82) is 0 Å². The van der Waals surface area contributed by atoms with Crippen LogP contribution in [-0.4, -0.2) is 97.2 Å². The second-order valence-corrected chi connectivity index (χ2v) is 10.8. The zero-order chi connectivity index (χ0) is 26.8. The van der Waals surface area contributed by atoms with E-state index in [1.54, 1.807) is 35.5 Å². The molecular weight excluding hydrogens is 479 g/mol. The quantitative estimate of drug-likeness (QED) is 0.617. The first-order valence-electron chi connectivity index (χ1n) is 13.0. The van der Waals surface area contributed by atoms with Gasteiger partial charge in [0, 0.05) is 56.3 Å². The number of nitrogens with zero attached hydrogens (tertiary/aromatic N) is 5. The number of aromatic nitrogens is 2. The Hall–Kier alpha value is -2.59. The molecule has 2 atom stereocenters. The van der Waals surface area contributed by atoms with E-state index >= 15 is 0 Å². The minimum atomic E-state index is -4.20. The van der Waals surface area contributed by atoms with Crippen molar-refractivity contribution >= 4 is 33.1 Å². The number of halogens is 3. The van der Waals surface area contributed by atoms with E-state index in [9.17, 15) is 18.0 Å². The van der Waals surface area contributed by atoms with Gasteiger partial charge in [-0.2, -0.15) is 13.2 Å². The molecule has 2 saturated heterocycles. The molecule has 1 N–H and O–H groups in total. The van der Waals surface area contributed by atoms with E-state index in [1.165, 1.54) is 6.92 Å². The molecule has 0 bridgehead atoms. The SMILES string of the molecule is BC1(B)CCN(c2cccc(C(=O)Nc3ccncc3)n2)CC(C)N1C1CCN([C@@H](C)C(F)(F)F)CC1. The third-order valence-electron chi connectivity index (χ3n) is 7.80. The number of alkyl halides is 3. The number of anilines is 2. The second kappa shape index (κ2) is 11.0. The summed E-state index contributed by atoms with van der Waals surface area (Å²) < 4.78 is 39.7. The van der Waals surface area contributed by atoms with Crippen LogP contribution in [0.1, 0.15) is 43.6 Å². The average molecular weight is 514 g/mol. The van der Waals surface area contributed by atoms with Crippen LogP contribution in [-0.2, 0) is 0 Å². The molecule has 2 fully saturated rings. The lowest BCUT2D eigenvalue weighted by atomic mass is 9.58. The van der Waals surface area contributed by atoms with Gasteiger partial charge in [-0.15, -0.1) is 0 Å². The summed E-state index contributed by atoms with van der Waals surface area (Å²) in [6.07, 6.45) is 1.36. The highest BCUT2D eigenvalue weighted by Crippen LogP contribution is 2.33. The molecule has 12 heteroatoms. The Labute approximate surface area is 218 Å². The number of amides is 1. The van der Waals surface area contributed by atoms with Crippen molar-refractivity contribution in [3.8, 4) is 0 Å². The molecule has 37 heavy (non-hydrogen) atoms. The number of rotatable bonds is 5. The van der Waals surface area contributed by atoms with Crippen LogP contribution in [0, 0.1) is 0 Å². The summed E-state index contributed by atoms with van der Waals surface area (Å²) in [5.41, 5.74) is 0.997. The topological polar surface area (TPSA) is 64.6 Å². The fourth-order valence-electron chi connectivity index (χ4n) is 5.81. The maximum absolute atomic E-state index is 13.2. The van der Waals surface area contributed by atoms with Gasteiger partial charge in [0.2, 0.25) is 0 Å². The normalized spacial score (nSPS) is 22.8. The average Bonchev–Trinajstić information content (AvgIpc) is 2.98. The summed E-state index contributed by atoms with van der Waals surface area (Å²) in [7, 11) is 4.45. The van der Waals surface area contributed by atoms with Crippen LogP contribution in [0.25, 0.3) is 0 Å². The molecule has 0 aliphatic carbocycles. The van der Waals surface area contributed by atoms with E-state index in [-0.39, 0.29) is 23.3 Å². The van der Waals surface area contributed by atoms with Crippen molar-refractivity contribution in [2.24, 2.45) is 0 Å². The third-order valence-corrected chi connectivity index (χ3v) is 7.80. The van der Waals surface area contributed by atoms with Gasteiger partial charge < -0.3 is 15.1 Å². The van der Waals surface area contributed by atoms with Crippen LogP contribution in [0.15, 0.2) is 42.7 Å². The number of hydrogen-bond acceptors (Lipinski definition) is 6. The largest absolute Gasteiger partial charge is 0.403 e. The monoisotopic (exact) mass is 514 g/mol. The minimum absolute atomic E-state index is 0.118. The zero-order valence-electron chi connectivity index (χ0n) is 22.0. The van der Waals surface area contributed by atoms with Crippen molar-refractivity contribution in [2.75, 3.05) is 36.4 Å². The summed E-state index contributed by atoms with van der Waals surface area (Å²) in [4.78, 5) is 27.7. The summed E-state index contributed by atoms with van der Waals surface area (Å²) in [5, 5.41) is 2.73. The Morgan fingerprint density at radius 2 is 1.81 bits per heavy atom. The molecule has 2 aliphatic heterocycles. The van der Waals surface area contributed by atoms with Crippen molar-refractivity contribution < 1.29 is 18.0 Å². The van der Waals surface area contributed by atoms with E-state index in [0.717, 1.165) is 38.2 Å². The van der Waals surface area contributed by atoms with Gasteiger partial charge in [0.15, 0.2) is 0 Å². The van der Waals surface area contributed by atoms with Crippen LogP contribution < -0.4 is 10.2 Å². The number of likely N-dealkylation sites (tertiary alicyclic amines) is 1. The number of carbonyl (C=O) groups excluding carboxylic acids is 1. The van der Waals surface area contributed by atoms with Crippen LogP contribution >= 0.6 is 0 Å². The van der Waals surface area contributed by atoms with E-state index in [2.05, 4.69) is 47.7 Å². The molecule has 1 amide bonds.